The summed E-state index contributed by atoms with van der Waals surface area (Å²) in [5.74, 6) is -1.68. The molecular formula is C12H20N2O4. The van der Waals surface area contributed by atoms with Crippen molar-refractivity contribution in [1.82, 2.24) is 5.32 Å². The number of unbranched alkanes of at least 4 members (excludes halogenated alkanes) is 1. The number of amides is 1. The van der Waals surface area contributed by atoms with Crippen LogP contribution in [0, 0.1) is 17.2 Å². The van der Waals surface area contributed by atoms with Gasteiger partial charge >= 0.3 is 5.97 Å². The van der Waals surface area contributed by atoms with Crippen LogP contribution in [0.4, 0.5) is 0 Å². The van der Waals surface area contributed by atoms with E-state index in [4.69, 9.17) is 10.4 Å². The van der Waals surface area contributed by atoms with E-state index in [1.54, 1.807) is 0 Å². The molecule has 0 saturated carbocycles. The lowest BCUT2D eigenvalue weighted by molar-refractivity contribution is -0.143. The molecule has 6 nitrogen and oxygen atoms in total. The molecule has 0 spiro atoms. The molecule has 0 aromatic carbocycles. The quantitative estimate of drug-likeness (QED) is 0.552. The summed E-state index contributed by atoms with van der Waals surface area (Å²) < 4.78 is 0. The summed E-state index contributed by atoms with van der Waals surface area (Å²) in [5.41, 5.74) is 0. The van der Waals surface area contributed by atoms with Gasteiger partial charge in [0.2, 0.25) is 5.91 Å². The third kappa shape index (κ3) is 6.86. The standard InChI is InChI=1S/C12H20N2O4/c1-8(2)7-10(15)11(16)14-9(12(17)18)5-3-4-6-13/h8-10,15H,3-5,7H2,1-2H3,(H,14,16)(H,17,18)/t9-,10-/m0/s1. The first kappa shape index (κ1) is 16.4. The number of carbonyl (C=O) groups is 2. The van der Waals surface area contributed by atoms with Crippen LogP contribution < -0.4 is 5.32 Å². The average Bonchev–Trinajstić information content (AvgIpc) is 2.26. The van der Waals surface area contributed by atoms with E-state index in [1.807, 2.05) is 19.9 Å². The van der Waals surface area contributed by atoms with Gasteiger partial charge in [0, 0.05) is 6.42 Å². The molecule has 0 saturated heterocycles. The number of carboxylic acids is 1. The molecule has 0 fully saturated rings. The zero-order valence-electron chi connectivity index (χ0n) is 10.7. The second-order valence-corrected chi connectivity index (χ2v) is 4.60. The van der Waals surface area contributed by atoms with Crippen LogP contribution in [0.5, 0.6) is 0 Å². The van der Waals surface area contributed by atoms with Crippen LogP contribution in [-0.4, -0.2) is 34.2 Å². The fourth-order valence-electron chi connectivity index (χ4n) is 1.46. The van der Waals surface area contributed by atoms with Gasteiger partial charge in [-0.15, -0.1) is 0 Å². The highest BCUT2D eigenvalue weighted by atomic mass is 16.4. The summed E-state index contributed by atoms with van der Waals surface area (Å²) in [4.78, 5) is 22.4. The van der Waals surface area contributed by atoms with E-state index >= 15 is 0 Å². The summed E-state index contributed by atoms with van der Waals surface area (Å²) in [6.07, 6.45) is -0.0791. The lowest BCUT2D eigenvalue weighted by Crippen LogP contribution is -2.45. The van der Waals surface area contributed by atoms with Gasteiger partial charge in [-0.05, 0) is 25.2 Å². The first-order valence-electron chi connectivity index (χ1n) is 5.96. The summed E-state index contributed by atoms with van der Waals surface area (Å²) in [6.45, 7) is 3.72. The Morgan fingerprint density at radius 1 is 1.39 bits per heavy atom. The van der Waals surface area contributed by atoms with E-state index in [2.05, 4.69) is 5.32 Å². The van der Waals surface area contributed by atoms with Crippen molar-refractivity contribution in [3.63, 3.8) is 0 Å². The third-order valence-corrected chi connectivity index (χ3v) is 2.39. The topological polar surface area (TPSA) is 110 Å². The Morgan fingerprint density at radius 3 is 2.44 bits per heavy atom. The summed E-state index contributed by atoms with van der Waals surface area (Å²) >= 11 is 0. The van der Waals surface area contributed by atoms with E-state index < -0.39 is 24.0 Å². The van der Waals surface area contributed by atoms with Gasteiger partial charge in [-0.1, -0.05) is 13.8 Å². The molecule has 0 heterocycles. The lowest BCUT2D eigenvalue weighted by Gasteiger charge is -2.17. The molecule has 0 radical (unpaired) electrons. The number of carboxylic acid groups (broad SMARTS) is 1. The summed E-state index contributed by atoms with van der Waals surface area (Å²) in [5, 5.41) is 29.1. The number of hydrogen-bond acceptors (Lipinski definition) is 4. The Bertz CT molecular complexity index is 323. The molecule has 6 heteroatoms. The number of aliphatic hydroxyl groups is 1. The van der Waals surface area contributed by atoms with Crippen LogP contribution in [0.3, 0.4) is 0 Å². The lowest BCUT2D eigenvalue weighted by atomic mass is 10.0. The summed E-state index contributed by atoms with van der Waals surface area (Å²) in [7, 11) is 0. The van der Waals surface area contributed by atoms with Gasteiger partial charge < -0.3 is 15.5 Å². The Kier molecular flexibility index (Phi) is 7.72. The second kappa shape index (κ2) is 8.48. The monoisotopic (exact) mass is 256 g/mol. The molecule has 0 aliphatic heterocycles. The number of hydrogen-bond donors (Lipinski definition) is 3. The van der Waals surface area contributed by atoms with Crippen LogP contribution in [0.2, 0.25) is 0 Å². The van der Waals surface area contributed by atoms with Crippen molar-refractivity contribution in [2.24, 2.45) is 5.92 Å². The normalized spacial score (nSPS) is 13.7. The molecule has 102 valence electrons. The molecule has 0 rings (SSSR count). The van der Waals surface area contributed by atoms with E-state index in [0.717, 1.165) is 0 Å². The second-order valence-electron chi connectivity index (χ2n) is 4.60. The van der Waals surface area contributed by atoms with Crippen molar-refractivity contribution in [2.75, 3.05) is 0 Å². The van der Waals surface area contributed by atoms with E-state index in [0.29, 0.717) is 6.42 Å². The van der Waals surface area contributed by atoms with Crippen LogP contribution in [0.25, 0.3) is 0 Å². The highest BCUT2D eigenvalue weighted by molar-refractivity contribution is 5.86. The number of aliphatic hydroxyl groups excluding tert-OH is 1. The molecule has 0 aliphatic carbocycles. The van der Waals surface area contributed by atoms with E-state index in [9.17, 15) is 14.7 Å². The largest absolute Gasteiger partial charge is 0.480 e. The predicted octanol–water partition coefficient (Wildman–Crippen LogP) is 0.657. The Hall–Kier alpha value is -1.61. The van der Waals surface area contributed by atoms with Crippen molar-refractivity contribution in [1.29, 1.82) is 5.26 Å². The average molecular weight is 256 g/mol. The zero-order valence-corrected chi connectivity index (χ0v) is 10.7. The number of rotatable bonds is 8. The van der Waals surface area contributed by atoms with Crippen LogP contribution >= 0.6 is 0 Å². The van der Waals surface area contributed by atoms with Gasteiger partial charge in [-0.25, -0.2) is 4.79 Å². The van der Waals surface area contributed by atoms with Gasteiger partial charge in [0.25, 0.3) is 0 Å². The minimum atomic E-state index is -1.19. The number of nitrogens with one attached hydrogen (secondary N) is 1. The predicted molar refractivity (Wildman–Crippen MR) is 64.5 cm³/mol. The van der Waals surface area contributed by atoms with Gasteiger partial charge in [0.05, 0.1) is 6.07 Å². The van der Waals surface area contributed by atoms with Crippen molar-refractivity contribution in [3.8, 4) is 6.07 Å². The number of nitriles is 1. The Balaban J connectivity index is 4.27. The SMILES string of the molecule is CC(C)C[C@H](O)C(=O)N[C@@H](CCCC#N)C(=O)O. The van der Waals surface area contributed by atoms with Crippen molar-refractivity contribution in [2.45, 2.75) is 51.7 Å². The first-order chi connectivity index (χ1) is 8.38. The smallest absolute Gasteiger partial charge is 0.326 e. The first-order valence-corrected chi connectivity index (χ1v) is 5.96. The summed E-state index contributed by atoms with van der Waals surface area (Å²) in [6, 6.07) is 0.861. The molecular weight excluding hydrogens is 236 g/mol. The molecule has 0 unspecified atom stereocenters. The van der Waals surface area contributed by atoms with Gasteiger partial charge in [0.1, 0.15) is 12.1 Å². The van der Waals surface area contributed by atoms with Crippen LogP contribution in [0.15, 0.2) is 0 Å². The Morgan fingerprint density at radius 2 is 2.00 bits per heavy atom. The fourth-order valence-corrected chi connectivity index (χ4v) is 1.46. The van der Waals surface area contributed by atoms with E-state index in [-0.39, 0.29) is 25.2 Å². The highest BCUT2D eigenvalue weighted by Crippen LogP contribution is 2.06. The highest BCUT2D eigenvalue weighted by Gasteiger charge is 2.23. The fraction of sp³-hybridized carbons (Fsp3) is 0.750. The molecule has 1 amide bonds. The molecule has 0 bridgehead atoms. The minimum absolute atomic E-state index is 0.146. The number of nitrogens with zero attached hydrogens (tertiary/aromatic N) is 1. The van der Waals surface area contributed by atoms with E-state index in [1.165, 1.54) is 0 Å². The van der Waals surface area contributed by atoms with Crippen LogP contribution in [-0.2, 0) is 9.59 Å². The number of carbonyl (C=O) groups excluding carboxylic acids is 1. The van der Waals surface area contributed by atoms with Gasteiger partial charge in [-0.3, -0.25) is 4.79 Å². The third-order valence-electron chi connectivity index (χ3n) is 2.39. The maximum atomic E-state index is 11.5. The van der Waals surface area contributed by atoms with Crippen LogP contribution in [0.1, 0.15) is 39.5 Å². The minimum Gasteiger partial charge on any atom is -0.480 e. The number of aliphatic carboxylic acids is 1. The Labute approximate surface area is 107 Å². The molecule has 3 N–H and O–H groups in total. The zero-order chi connectivity index (χ0) is 14.1. The maximum absolute atomic E-state index is 11.5. The van der Waals surface area contributed by atoms with Gasteiger partial charge in [-0.2, -0.15) is 5.26 Å². The van der Waals surface area contributed by atoms with Crippen molar-refractivity contribution in [3.05, 3.63) is 0 Å². The molecule has 0 aromatic heterocycles. The molecule has 0 aliphatic rings. The van der Waals surface area contributed by atoms with Crippen molar-refractivity contribution < 1.29 is 19.8 Å². The van der Waals surface area contributed by atoms with Crippen molar-refractivity contribution >= 4 is 11.9 Å². The molecule has 2 atom stereocenters. The molecule has 0 aromatic rings. The molecule has 18 heavy (non-hydrogen) atoms. The van der Waals surface area contributed by atoms with Gasteiger partial charge in [0.15, 0.2) is 0 Å². The maximum Gasteiger partial charge on any atom is 0.326 e.